The first kappa shape index (κ1) is 12.6. The van der Waals surface area contributed by atoms with E-state index in [1.165, 1.54) is 5.57 Å². The van der Waals surface area contributed by atoms with Crippen molar-refractivity contribution in [1.82, 2.24) is 10.2 Å². The van der Waals surface area contributed by atoms with Crippen molar-refractivity contribution in [3.05, 3.63) is 12.2 Å². The molecule has 0 atom stereocenters. The minimum Gasteiger partial charge on any atom is -0.395 e. The van der Waals surface area contributed by atoms with Gasteiger partial charge in [-0.1, -0.05) is 13.5 Å². The summed E-state index contributed by atoms with van der Waals surface area (Å²) in [6.07, 6.45) is 1.12. The van der Waals surface area contributed by atoms with Crippen LogP contribution in [0.2, 0.25) is 0 Å². The van der Waals surface area contributed by atoms with E-state index in [1.54, 1.807) is 0 Å². The second kappa shape index (κ2) is 8.23. The molecule has 0 saturated heterocycles. The average molecular weight is 186 g/mol. The molecular formula is C10H22N2O. The highest BCUT2D eigenvalue weighted by Gasteiger charge is 2.03. The standard InChI is InChI=1S/C10H22N2O/c1-4-5-12(6-7-13)9-10(2)8-11-3/h11,13H,2,4-9H2,1,3H3. The fourth-order valence-electron chi connectivity index (χ4n) is 1.35. The molecule has 0 aromatic carbocycles. The zero-order chi connectivity index (χ0) is 10.1. The lowest BCUT2D eigenvalue weighted by Crippen LogP contribution is -2.31. The average Bonchev–Trinajstić information content (AvgIpc) is 2.05. The molecule has 0 fully saturated rings. The summed E-state index contributed by atoms with van der Waals surface area (Å²) in [4.78, 5) is 2.22. The lowest BCUT2D eigenvalue weighted by atomic mass is 10.2. The van der Waals surface area contributed by atoms with E-state index >= 15 is 0 Å². The van der Waals surface area contributed by atoms with Gasteiger partial charge in [0.25, 0.3) is 0 Å². The van der Waals surface area contributed by atoms with Gasteiger partial charge in [-0.05, 0) is 25.6 Å². The Labute approximate surface area is 81.4 Å². The highest BCUT2D eigenvalue weighted by atomic mass is 16.3. The van der Waals surface area contributed by atoms with E-state index in [-0.39, 0.29) is 6.61 Å². The summed E-state index contributed by atoms with van der Waals surface area (Å²) in [5.41, 5.74) is 1.17. The van der Waals surface area contributed by atoms with E-state index in [2.05, 4.69) is 23.7 Å². The van der Waals surface area contributed by atoms with Crippen LogP contribution >= 0.6 is 0 Å². The van der Waals surface area contributed by atoms with Crippen LogP contribution in [0.3, 0.4) is 0 Å². The van der Waals surface area contributed by atoms with Gasteiger partial charge in [0.15, 0.2) is 0 Å². The molecule has 0 unspecified atom stereocenters. The van der Waals surface area contributed by atoms with Gasteiger partial charge in [0.05, 0.1) is 6.61 Å². The van der Waals surface area contributed by atoms with Gasteiger partial charge in [-0.2, -0.15) is 0 Å². The maximum atomic E-state index is 8.82. The maximum absolute atomic E-state index is 8.82. The van der Waals surface area contributed by atoms with Crippen molar-refractivity contribution in [1.29, 1.82) is 0 Å². The summed E-state index contributed by atoms with van der Waals surface area (Å²) in [6, 6.07) is 0. The summed E-state index contributed by atoms with van der Waals surface area (Å²) < 4.78 is 0. The molecule has 0 aliphatic rings. The van der Waals surface area contributed by atoms with E-state index in [1.807, 2.05) is 7.05 Å². The van der Waals surface area contributed by atoms with E-state index in [0.717, 1.165) is 32.6 Å². The molecule has 0 rings (SSSR count). The summed E-state index contributed by atoms with van der Waals surface area (Å²) in [5.74, 6) is 0. The molecule has 0 amide bonds. The molecule has 0 aromatic heterocycles. The van der Waals surface area contributed by atoms with Crippen molar-refractivity contribution in [2.45, 2.75) is 13.3 Å². The Morgan fingerprint density at radius 1 is 1.46 bits per heavy atom. The lowest BCUT2D eigenvalue weighted by Gasteiger charge is -2.21. The first-order valence-corrected chi connectivity index (χ1v) is 4.89. The third-order valence-corrected chi connectivity index (χ3v) is 1.83. The summed E-state index contributed by atoms with van der Waals surface area (Å²) >= 11 is 0. The molecule has 3 nitrogen and oxygen atoms in total. The van der Waals surface area contributed by atoms with Crippen LogP contribution in [0.4, 0.5) is 0 Å². The van der Waals surface area contributed by atoms with Crippen molar-refractivity contribution < 1.29 is 5.11 Å². The van der Waals surface area contributed by atoms with Gasteiger partial charge in [0.1, 0.15) is 0 Å². The van der Waals surface area contributed by atoms with Crippen LogP contribution < -0.4 is 5.32 Å². The van der Waals surface area contributed by atoms with E-state index in [9.17, 15) is 0 Å². The quantitative estimate of drug-likeness (QED) is 0.541. The van der Waals surface area contributed by atoms with Crippen LogP contribution in [-0.4, -0.2) is 49.8 Å². The zero-order valence-electron chi connectivity index (χ0n) is 8.84. The fraction of sp³-hybridized carbons (Fsp3) is 0.800. The smallest absolute Gasteiger partial charge is 0.0558 e. The maximum Gasteiger partial charge on any atom is 0.0558 e. The minimum atomic E-state index is 0.229. The Morgan fingerprint density at radius 2 is 2.15 bits per heavy atom. The molecule has 3 heteroatoms. The predicted octanol–water partition coefficient (Wildman–Crippen LogP) is 0.466. The van der Waals surface area contributed by atoms with E-state index in [4.69, 9.17) is 5.11 Å². The van der Waals surface area contributed by atoms with Crippen LogP contribution in [0.25, 0.3) is 0 Å². The molecular weight excluding hydrogens is 164 g/mol. The molecule has 0 aliphatic carbocycles. The molecule has 78 valence electrons. The SMILES string of the molecule is C=C(CNC)CN(CCC)CCO. The van der Waals surface area contributed by atoms with Crippen LogP contribution in [0.1, 0.15) is 13.3 Å². The molecule has 2 N–H and O–H groups in total. The molecule has 0 heterocycles. The van der Waals surface area contributed by atoms with Crippen LogP contribution in [0.5, 0.6) is 0 Å². The summed E-state index contributed by atoms with van der Waals surface area (Å²) in [5, 5.41) is 11.9. The number of hydrogen-bond donors (Lipinski definition) is 2. The predicted molar refractivity (Wildman–Crippen MR) is 56.9 cm³/mol. The van der Waals surface area contributed by atoms with Gasteiger partial charge >= 0.3 is 0 Å². The van der Waals surface area contributed by atoms with Crippen molar-refractivity contribution in [2.75, 3.05) is 39.8 Å². The molecule has 0 aromatic rings. The Hall–Kier alpha value is -0.380. The summed E-state index contributed by atoms with van der Waals surface area (Å²) in [6.45, 7) is 9.85. The third kappa shape index (κ3) is 6.75. The molecule has 0 bridgehead atoms. The first-order chi connectivity index (χ1) is 6.24. The van der Waals surface area contributed by atoms with Crippen molar-refractivity contribution >= 4 is 0 Å². The number of nitrogens with one attached hydrogen (secondary N) is 1. The number of hydrogen-bond acceptors (Lipinski definition) is 3. The topological polar surface area (TPSA) is 35.5 Å². The number of likely N-dealkylation sites (N-methyl/N-ethyl adjacent to an activating group) is 1. The largest absolute Gasteiger partial charge is 0.395 e. The van der Waals surface area contributed by atoms with Crippen LogP contribution in [0, 0.1) is 0 Å². The van der Waals surface area contributed by atoms with Gasteiger partial charge < -0.3 is 10.4 Å². The highest BCUT2D eigenvalue weighted by molar-refractivity contribution is 4.99. The first-order valence-electron chi connectivity index (χ1n) is 4.89. The Morgan fingerprint density at radius 3 is 2.62 bits per heavy atom. The van der Waals surface area contributed by atoms with Crippen molar-refractivity contribution in [2.24, 2.45) is 0 Å². The van der Waals surface area contributed by atoms with Crippen molar-refractivity contribution in [3.63, 3.8) is 0 Å². The summed E-state index contributed by atoms with van der Waals surface area (Å²) in [7, 11) is 1.92. The van der Waals surface area contributed by atoms with Gasteiger partial charge in [-0.3, -0.25) is 4.90 Å². The van der Waals surface area contributed by atoms with E-state index < -0.39 is 0 Å². The number of nitrogens with zero attached hydrogens (tertiary/aromatic N) is 1. The van der Waals surface area contributed by atoms with Crippen LogP contribution in [-0.2, 0) is 0 Å². The second-order valence-corrected chi connectivity index (χ2v) is 3.28. The number of rotatable bonds is 8. The Bertz CT molecular complexity index is 131. The second-order valence-electron chi connectivity index (χ2n) is 3.28. The third-order valence-electron chi connectivity index (χ3n) is 1.83. The minimum absolute atomic E-state index is 0.229. The highest BCUT2D eigenvalue weighted by Crippen LogP contribution is 1.96. The number of aliphatic hydroxyl groups excluding tert-OH is 1. The lowest BCUT2D eigenvalue weighted by molar-refractivity contribution is 0.205. The Kier molecular flexibility index (Phi) is 7.99. The normalized spacial score (nSPS) is 10.8. The van der Waals surface area contributed by atoms with Gasteiger partial charge in [-0.15, -0.1) is 0 Å². The molecule has 0 spiro atoms. The monoisotopic (exact) mass is 186 g/mol. The molecule has 0 saturated carbocycles. The van der Waals surface area contributed by atoms with E-state index in [0.29, 0.717) is 0 Å². The molecule has 0 aliphatic heterocycles. The molecule has 0 radical (unpaired) electrons. The zero-order valence-corrected chi connectivity index (χ0v) is 8.84. The van der Waals surface area contributed by atoms with Crippen LogP contribution in [0.15, 0.2) is 12.2 Å². The Balaban J connectivity index is 3.71. The molecule has 13 heavy (non-hydrogen) atoms. The van der Waals surface area contributed by atoms with Gasteiger partial charge in [0, 0.05) is 19.6 Å². The van der Waals surface area contributed by atoms with Gasteiger partial charge in [-0.25, -0.2) is 0 Å². The number of aliphatic hydroxyl groups is 1. The van der Waals surface area contributed by atoms with Gasteiger partial charge in [0.2, 0.25) is 0 Å². The fourth-order valence-corrected chi connectivity index (χ4v) is 1.35. The van der Waals surface area contributed by atoms with Crippen molar-refractivity contribution in [3.8, 4) is 0 Å².